The number of nitrogens with one attached hydrogen (secondary N) is 2. The number of benzene rings is 2. The van der Waals surface area contributed by atoms with Crippen LogP contribution < -0.4 is 10.6 Å². The number of carbonyl (C=O) groups excluding carboxylic acids is 3. The van der Waals surface area contributed by atoms with Crippen molar-refractivity contribution in [3.05, 3.63) is 65.5 Å². The number of amides is 3. The first kappa shape index (κ1) is 21.5. The van der Waals surface area contributed by atoms with Gasteiger partial charge >= 0.3 is 0 Å². The van der Waals surface area contributed by atoms with Crippen molar-refractivity contribution < 1.29 is 18.8 Å². The zero-order chi connectivity index (χ0) is 21.7. The highest BCUT2D eigenvalue weighted by atomic mass is 19.1. The second kappa shape index (κ2) is 9.52. The van der Waals surface area contributed by atoms with E-state index in [1.165, 1.54) is 24.3 Å². The van der Waals surface area contributed by atoms with E-state index in [0.717, 1.165) is 0 Å². The lowest BCUT2D eigenvalue weighted by Gasteiger charge is -2.32. The monoisotopic (exact) mass is 411 g/mol. The van der Waals surface area contributed by atoms with E-state index in [1.807, 2.05) is 13.8 Å². The molecular weight excluding hydrogens is 385 g/mol. The molecule has 0 aromatic heterocycles. The SMILES string of the molecule is CC(C)NC(=O)c1ccccc1NC(=O)C1CCCN(C(=O)c2ccc(F)cc2)C1. The summed E-state index contributed by atoms with van der Waals surface area (Å²) in [7, 11) is 0. The molecule has 1 atom stereocenters. The molecule has 0 spiro atoms. The first-order chi connectivity index (χ1) is 14.3. The molecule has 3 rings (SSSR count). The van der Waals surface area contributed by atoms with Crippen molar-refractivity contribution in [2.24, 2.45) is 5.92 Å². The Hall–Kier alpha value is -3.22. The fraction of sp³-hybridized carbons (Fsp3) is 0.348. The zero-order valence-electron chi connectivity index (χ0n) is 17.2. The summed E-state index contributed by atoms with van der Waals surface area (Å²) in [5, 5.41) is 5.68. The molecule has 1 aliphatic heterocycles. The molecule has 30 heavy (non-hydrogen) atoms. The number of hydrogen-bond acceptors (Lipinski definition) is 3. The van der Waals surface area contributed by atoms with E-state index in [1.54, 1.807) is 29.2 Å². The van der Waals surface area contributed by atoms with Crippen molar-refractivity contribution >= 4 is 23.4 Å². The lowest BCUT2D eigenvalue weighted by atomic mass is 9.96. The predicted octanol–water partition coefficient (Wildman–Crippen LogP) is 3.45. The van der Waals surface area contributed by atoms with Crippen molar-refractivity contribution in [2.45, 2.75) is 32.7 Å². The van der Waals surface area contributed by atoms with Crippen LogP contribution in [0.4, 0.5) is 10.1 Å². The third-order valence-electron chi connectivity index (χ3n) is 5.02. The topological polar surface area (TPSA) is 78.5 Å². The fourth-order valence-corrected chi connectivity index (χ4v) is 3.52. The quantitative estimate of drug-likeness (QED) is 0.791. The molecule has 0 bridgehead atoms. The Bertz CT molecular complexity index is 928. The highest BCUT2D eigenvalue weighted by Gasteiger charge is 2.29. The molecule has 2 N–H and O–H groups in total. The van der Waals surface area contributed by atoms with E-state index in [9.17, 15) is 18.8 Å². The van der Waals surface area contributed by atoms with Crippen LogP contribution in [0.1, 0.15) is 47.4 Å². The number of rotatable bonds is 5. The normalized spacial score (nSPS) is 16.3. The van der Waals surface area contributed by atoms with Gasteiger partial charge in [-0.3, -0.25) is 14.4 Å². The Balaban J connectivity index is 1.68. The average Bonchev–Trinajstić information content (AvgIpc) is 2.73. The van der Waals surface area contributed by atoms with Crippen LogP contribution in [0.5, 0.6) is 0 Å². The van der Waals surface area contributed by atoms with Crippen molar-refractivity contribution in [3.8, 4) is 0 Å². The van der Waals surface area contributed by atoms with Crippen molar-refractivity contribution in [3.63, 3.8) is 0 Å². The van der Waals surface area contributed by atoms with Crippen LogP contribution in [-0.4, -0.2) is 41.8 Å². The highest BCUT2D eigenvalue weighted by Crippen LogP contribution is 2.22. The van der Waals surface area contributed by atoms with Crippen LogP contribution in [0, 0.1) is 11.7 Å². The molecule has 2 aromatic rings. The zero-order valence-corrected chi connectivity index (χ0v) is 17.2. The molecular formula is C23H26FN3O3. The minimum atomic E-state index is -0.400. The lowest BCUT2D eigenvalue weighted by Crippen LogP contribution is -2.44. The van der Waals surface area contributed by atoms with Gasteiger partial charge in [-0.1, -0.05) is 12.1 Å². The Morgan fingerprint density at radius 1 is 1.07 bits per heavy atom. The number of carbonyl (C=O) groups is 3. The van der Waals surface area contributed by atoms with Crippen molar-refractivity contribution in [1.29, 1.82) is 0 Å². The number of piperidine rings is 1. The summed E-state index contributed by atoms with van der Waals surface area (Å²) in [5.74, 6) is -1.48. The minimum absolute atomic E-state index is 0.0226. The maximum Gasteiger partial charge on any atom is 0.253 e. The van der Waals surface area contributed by atoms with Gasteiger partial charge in [-0.25, -0.2) is 4.39 Å². The predicted molar refractivity (Wildman–Crippen MR) is 113 cm³/mol. The Labute approximate surface area is 175 Å². The standard InChI is InChI=1S/C23H26FN3O3/c1-15(2)25-22(29)19-7-3-4-8-20(19)26-21(28)17-6-5-13-27(14-17)23(30)16-9-11-18(24)12-10-16/h3-4,7-12,15,17H,5-6,13-14H2,1-2H3,(H,25,29)(H,26,28). The maximum absolute atomic E-state index is 13.1. The molecule has 158 valence electrons. The molecule has 0 saturated carbocycles. The molecule has 2 aromatic carbocycles. The fourth-order valence-electron chi connectivity index (χ4n) is 3.52. The van der Waals surface area contributed by atoms with Crippen LogP contribution in [0.25, 0.3) is 0 Å². The Morgan fingerprint density at radius 3 is 2.47 bits per heavy atom. The average molecular weight is 411 g/mol. The van der Waals surface area contributed by atoms with Crippen LogP contribution >= 0.6 is 0 Å². The lowest BCUT2D eigenvalue weighted by molar-refractivity contribution is -0.121. The van der Waals surface area contributed by atoms with E-state index >= 15 is 0 Å². The number of para-hydroxylation sites is 1. The van der Waals surface area contributed by atoms with Gasteiger partial charge in [-0.05, 0) is 63.1 Å². The second-order valence-electron chi connectivity index (χ2n) is 7.76. The van der Waals surface area contributed by atoms with Gasteiger partial charge in [0, 0.05) is 24.7 Å². The summed E-state index contributed by atoms with van der Waals surface area (Å²) in [6.45, 7) is 4.57. The van der Waals surface area contributed by atoms with Gasteiger partial charge in [0.15, 0.2) is 0 Å². The summed E-state index contributed by atoms with van der Waals surface area (Å²) < 4.78 is 13.1. The molecule has 3 amide bonds. The first-order valence-corrected chi connectivity index (χ1v) is 10.1. The van der Waals surface area contributed by atoms with Crippen LogP contribution in [0.15, 0.2) is 48.5 Å². The van der Waals surface area contributed by atoms with Crippen LogP contribution in [0.2, 0.25) is 0 Å². The molecule has 1 aliphatic rings. The molecule has 0 radical (unpaired) electrons. The van der Waals surface area contributed by atoms with E-state index in [-0.39, 0.29) is 36.2 Å². The Morgan fingerprint density at radius 2 is 1.77 bits per heavy atom. The number of anilines is 1. The molecule has 1 saturated heterocycles. The van der Waals surface area contributed by atoms with E-state index < -0.39 is 5.82 Å². The van der Waals surface area contributed by atoms with Gasteiger partial charge in [0.2, 0.25) is 5.91 Å². The molecule has 1 unspecified atom stereocenters. The molecule has 1 heterocycles. The van der Waals surface area contributed by atoms with E-state index in [0.29, 0.717) is 36.2 Å². The molecule has 1 fully saturated rings. The van der Waals surface area contributed by atoms with Crippen molar-refractivity contribution in [2.75, 3.05) is 18.4 Å². The molecule has 0 aliphatic carbocycles. The summed E-state index contributed by atoms with van der Waals surface area (Å²) in [6, 6.07) is 12.2. The number of halogens is 1. The second-order valence-corrected chi connectivity index (χ2v) is 7.76. The summed E-state index contributed by atoms with van der Waals surface area (Å²) in [4.78, 5) is 39.6. The van der Waals surface area contributed by atoms with Gasteiger partial charge in [0.1, 0.15) is 5.82 Å². The minimum Gasteiger partial charge on any atom is -0.350 e. The number of nitrogens with zero attached hydrogens (tertiary/aromatic N) is 1. The first-order valence-electron chi connectivity index (χ1n) is 10.1. The van der Waals surface area contributed by atoms with Gasteiger partial charge in [0.25, 0.3) is 11.8 Å². The summed E-state index contributed by atoms with van der Waals surface area (Å²) in [5.41, 5.74) is 1.24. The van der Waals surface area contributed by atoms with Crippen molar-refractivity contribution in [1.82, 2.24) is 10.2 Å². The molecule has 6 nitrogen and oxygen atoms in total. The van der Waals surface area contributed by atoms with E-state index in [2.05, 4.69) is 10.6 Å². The third-order valence-corrected chi connectivity index (χ3v) is 5.02. The maximum atomic E-state index is 13.1. The van der Waals surface area contributed by atoms with Crippen LogP contribution in [-0.2, 0) is 4.79 Å². The number of hydrogen-bond donors (Lipinski definition) is 2. The number of likely N-dealkylation sites (tertiary alicyclic amines) is 1. The van der Waals surface area contributed by atoms with E-state index in [4.69, 9.17) is 0 Å². The summed E-state index contributed by atoms with van der Waals surface area (Å²) >= 11 is 0. The smallest absolute Gasteiger partial charge is 0.253 e. The van der Waals surface area contributed by atoms with Gasteiger partial charge in [-0.2, -0.15) is 0 Å². The van der Waals surface area contributed by atoms with Crippen LogP contribution in [0.3, 0.4) is 0 Å². The van der Waals surface area contributed by atoms with Gasteiger partial charge in [-0.15, -0.1) is 0 Å². The third kappa shape index (κ3) is 5.23. The highest BCUT2D eigenvalue weighted by molar-refractivity contribution is 6.04. The van der Waals surface area contributed by atoms with Gasteiger partial charge in [0.05, 0.1) is 17.2 Å². The Kier molecular flexibility index (Phi) is 6.82. The van der Waals surface area contributed by atoms with Gasteiger partial charge < -0.3 is 15.5 Å². The largest absolute Gasteiger partial charge is 0.350 e. The molecule has 7 heteroatoms. The summed E-state index contributed by atoms with van der Waals surface area (Å²) in [6.07, 6.45) is 1.35.